The number of hydrogen-bond acceptors (Lipinski definition) is 5. The van der Waals surface area contributed by atoms with Gasteiger partial charge in [0, 0.05) is 12.1 Å². The summed E-state index contributed by atoms with van der Waals surface area (Å²) in [5.41, 5.74) is 3.94. The van der Waals surface area contributed by atoms with Gasteiger partial charge in [0.05, 0.1) is 25.0 Å². The highest BCUT2D eigenvalue weighted by Gasteiger charge is 2.55. The van der Waals surface area contributed by atoms with Crippen LogP contribution in [0.5, 0.6) is 5.75 Å². The number of benzene rings is 2. The fraction of sp³-hybridized carbons (Fsp3) is 0.357. The molecule has 0 bridgehead atoms. The highest BCUT2D eigenvalue weighted by Crippen LogP contribution is 2.59. The Labute approximate surface area is 208 Å². The molecule has 0 aliphatic heterocycles. The smallest absolute Gasteiger partial charge is 0.308 e. The Balaban J connectivity index is 1.18. The van der Waals surface area contributed by atoms with Gasteiger partial charge in [-0.3, -0.25) is 9.59 Å². The van der Waals surface area contributed by atoms with Gasteiger partial charge in [-0.05, 0) is 83.4 Å². The summed E-state index contributed by atoms with van der Waals surface area (Å²) in [6, 6.07) is 14.8. The zero-order valence-electron chi connectivity index (χ0n) is 19.8. The van der Waals surface area contributed by atoms with Crippen molar-refractivity contribution in [2.75, 3.05) is 14.2 Å². The number of hydrogen-bond donors (Lipinski definition) is 1. The van der Waals surface area contributed by atoms with Crippen LogP contribution in [0, 0.1) is 17.2 Å². The molecule has 1 aromatic heterocycles. The maximum absolute atomic E-state index is 13.9. The molecular weight excluding hydrogens is 465 g/mol. The van der Waals surface area contributed by atoms with Crippen LogP contribution >= 0.6 is 11.3 Å². The lowest BCUT2D eigenvalue weighted by Crippen LogP contribution is -2.57. The minimum Gasteiger partial charge on any atom is -0.497 e. The highest BCUT2D eigenvalue weighted by molar-refractivity contribution is 7.12. The normalized spacial score (nSPS) is 22.7. The van der Waals surface area contributed by atoms with Crippen LogP contribution in [0.2, 0.25) is 0 Å². The number of halogens is 1. The minimum atomic E-state index is -0.338. The Morgan fingerprint density at radius 2 is 1.77 bits per heavy atom. The maximum Gasteiger partial charge on any atom is 0.308 e. The Bertz CT molecular complexity index is 1240. The van der Waals surface area contributed by atoms with Gasteiger partial charge in [-0.25, -0.2) is 4.39 Å². The fourth-order valence-corrected chi connectivity index (χ4v) is 6.37. The van der Waals surface area contributed by atoms with Crippen molar-refractivity contribution in [2.24, 2.45) is 11.3 Å². The average Bonchev–Trinajstić information content (AvgIpc) is 3.27. The monoisotopic (exact) mass is 493 g/mol. The van der Waals surface area contributed by atoms with Gasteiger partial charge in [-0.1, -0.05) is 24.3 Å². The predicted octanol–water partition coefficient (Wildman–Crippen LogP) is 5.62. The second-order valence-electron chi connectivity index (χ2n) is 9.74. The van der Waals surface area contributed by atoms with Crippen LogP contribution in [0.3, 0.4) is 0 Å². The van der Waals surface area contributed by atoms with E-state index in [9.17, 15) is 14.0 Å². The largest absolute Gasteiger partial charge is 0.497 e. The topological polar surface area (TPSA) is 64.6 Å². The number of ether oxygens (including phenoxy) is 2. The molecule has 0 radical (unpaired) electrons. The molecule has 1 amide bonds. The van der Waals surface area contributed by atoms with Gasteiger partial charge < -0.3 is 14.8 Å². The van der Waals surface area contributed by atoms with Gasteiger partial charge >= 0.3 is 5.97 Å². The molecular formula is C28H28FNO4S. The molecule has 2 fully saturated rings. The quantitative estimate of drug-likeness (QED) is 0.434. The van der Waals surface area contributed by atoms with Crippen LogP contribution in [0.15, 0.2) is 53.9 Å². The zero-order chi connectivity index (χ0) is 24.6. The number of carbonyl (C=O) groups is 2. The summed E-state index contributed by atoms with van der Waals surface area (Å²) in [4.78, 5) is 25.4. The van der Waals surface area contributed by atoms with Gasteiger partial charge in [-0.2, -0.15) is 0 Å². The van der Waals surface area contributed by atoms with Crippen molar-refractivity contribution in [3.05, 3.63) is 75.7 Å². The molecule has 0 unspecified atom stereocenters. The Morgan fingerprint density at radius 1 is 1.03 bits per heavy atom. The molecule has 3 aromatic rings. The van der Waals surface area contributed by atoms with Crippen molar-refractivity contribution in [3.63, 3.8) is 0 Å². The van der Waals surface area contributed by atoms with E-state index < -0.39 is 0 Å². The Kier molecular flexibility index (Phi) is 6.36. The Hall–Kier alpha value is -3.19. The standard InChI is InChI=1S/C28H28FNO4S/c1-33-24-11-20(10-22(29)12-24)18-5-3-17(4-6-18)9-19-7-8-35-25(19)26(31)30-23-15-28(16-23)13-21(14-28)27(32)34-2/h3-8,10-12,21,23H,9,13-16H2,1-2H3,(H,30,31). The number of nitrogens with one attached hydrogen (secondary N) is 1. The predicted molar refractivity (Wildman–Crippen MR) is 133 cm³/mol. The van der Waals surface area contributed by atoms with Gasteiger partial charge in [0.25, 0.3) is 5.91 Å². The van der Waals surface area contributed by atoms with E-state index in [-0.39, 0.29) is 35.1 Å². The van der Waals surface area contributed by atoms with Gasteiger partial charge in [-0.15, -0.1) is 11.3 Å². The van der Waals surface area contributed by atoms with Gasteiger partial charge in [0.1, 0.15) is 11.6 Å². The van der Waals surface area contributed by atoms with Crippen LogP contribution in [-0.4, -0.2) is 32.1 Å². The third-order valence-corrected chi connectivity index (χ3v) is 8.28. The third kappa shape index (κ3) is 4.82. The van der Waals surface area contributed by atoms with E-state index in [1.54, 1.807) is 0 Å². The summed E-state index contributed by atoms with van der Waals surface area (Å²) >= 11 is 1.46. The molecule has 0 saturated heterocycles. The first-order valence-electron chi connectivity index (χ1n) is 11.8. The molecule has 35 heavy (non-hydrogen) atoms. The molecule has 2 aliphatic carbocycles. The summed E-state index contributed by atoms with van der Waals surface area (Å²) in [5.74, 6) is 0.0263. The molecule has 2 aromatic carbocycles. The molecule has 1 N–H and O–H groups in total. The van der Waals surface area contributed by atoms with Crippen molar-refractivity contribution >= 4 is 23.2 Å². The van der Waals surface area contributed by atoms with Crippen LogP contribution in [-0.2, 0) is 16.0 Å². The lowest BCUT2D eigenvalue weighted by atomic mass is 9.50. The number of thiophene rings is 1. The lowest BCUT2D eigenvalue weighted by Gasteiger charge is -2.56. The number of esters is 1. The van der Waals surface area contributed by atoms with Crippen LogP contribution in [0.4, 0.5) is 4.39 Å². The van der Waals surface area contributed by atoms with E-state index in [0.29, 0.717) is 12.2 Å². The lowest BCUT2D eigenvalue weighted by molar-refractivity contribution is -0.159. The van der Waals surface area contributed by atoms with Crippen LogP contribution in [0.1, 0.15) is 46.5 Å². The van der Waals surface area contributed by atoms with Crippen molar-refractivity contribution in [1.82, 2.24) is 5.32 Å². The van der Waals surface area contributed by atoms with E-state index in [1.807, 2.05) is 41.8 Å². The van der Waals surface area contributed by atoms with Crippen LogP contribution in [0.25, 0.3) is 11.1 Å². The highest BCUT2D eigenvalue weighted by atomic mass is 32.1. The van der Waals surface area contributed by atoms with Crippen LogP contribution < -0.4 is 10.1 Å². The Morgan fingerprint density at radius 3 is 2.46 bits per heavy atom. The van der Waals surface area contributed by atoms with Crippen molar-refractivity contribution in [3.8, 4) is 16.9 Å². The molecule has 2 aliphatic rings. The molecule has 0 atom stereocenters. The number of carbonyl (C=O) groups excluding carboxylic acids is 2. The number of methoxy groups -OCH3 is 2. The van der Waals surface area contributed by atoms with E-state index in [1.165, 1.54) is 37.7 Å². The van der Waals surface area contributed by atoms with E-state index >= 15 is 0 Å². The SMILES string of the molecule is COC(=O)C1CC2(CC(NC(=O)c3sccc3Cc3ccc(-c4cc(F)cc(OC)c4)cc3)C2)C1. The fourth-order valence-electron chi connectivity index (χ4n) is 5.55. The molecule has 182 valence electrons. The summed E-state index contributed by atoms with van der Waals surface area (Å²) in [6.45, 7) is 0. The minimum absolute atomic E-state index is 0.0230. The molecule has 5 rings (SSSR count). The summed E-state index contributed by atoms with van der Waals surface area (Å²) < 4.78 is 23.9. The maximum atomic E-state index is 13.9. The molecule has 5 nitrogen and oxygen atoms in total. The molecule has 1 spiro atoms. The van der Waals surface area contributed by atoms with Crippen molar-refractivity contribution < 1.29 is 23.5 Å². The second kappa shape index (κ2) is 9.46. The zero-order valence-corrected chi connectivity index (χ0v) is 20.6. The van der Waals surface area contributed by atoms with Gasteiger partial charge in [0.2, 0.25) is 0 Å². The first kappa shape index (κ1) is 23.5. The molecule has 7 heteroatoms. The number of amides is 1. The van der Waals surface area contributed by atoms with E-state index in [0.717, 1.165) is 52.8 Å². The third-order valence-electron chi connectivity index (χ3n) is 7.33. The van der Waals surface area contributed by atoms with Gasteiger partial charge in [0.15, 0.2) is 0 Å². The first-order valence-corrected chi connectivity index (χ1v) is 12.6. The molecule has 2 saturated carbocycles. The van der Waals surface area contributed by atoms with E-state index in [2.05, 4.69) is 5.32 Å². The number of rotatable bonds is 7. The average molecular weight is 494 g/mol. The summed E-state index contributed by atoms with van der Waals surface area (Å²) in [5, 5.41) is 5.13. The van der Waals surface area contributed by atoms with E-state index in [4.69, 9.17) is 9.47 Å². The first-order chi connectivity index (χ1) is 16.9. The molecule has 1 heterocycles. The summed E-state index contributed by atoms with van der Waals surface area (Å²) in [6.07, 6.45) is 4.25. The summed E-state index contributed by atoms with van der Waals surface area (Å²) in [7, 11) is 2.96. The second-order valence-corrected chi connectivity index (χ2v) is 10.7. The van der Waals surface area contributed by atoms with Crippen molar-refractivity contribution in [2.45, 2.75) is 38.1 Å². The van der Waals surface area contributed by atoms with Crippen molar-refractivity contribution in [1.29, 1.82) is 0 Å².